The summed E-state index contributed by atoms with van der Waals surface area (Å²) in [6.07, 6.45) is 0. The number of para-hydroxylation sites is 1. The summed E-state index contributed by atoms with van der Waals surface area (Å²) in [5, 5.41) is 8.04. The molecule has 0 saturated carbocycles. The first-order chi connectivity index (χ1) is 12.1. The molecule has 6 heteroatoms. The second kappa shape index (κ2) is 8.23. The zero-order chi connectivity index (χ0) is 17.6. The molecule has 4 nitrogen and oxygen atoms in total. The highest BCUT2D eigenvalue weighted by molar-refractivity contribution is 7.99. The van der Waals surface area contributed by atoms with Gasteiger partial charge in [0.1, 0.15) is 0 Å². The van der Waals surface area contributed by atoms with Crippen LogP contribution in [0.3, 0.4) is 0 Å². The van der Waals surface area contributed by atoms with Gasteiger partial charge in [-0.05, 0) is 49.4 Å². The summed E-state index contributed by atoms with van der Waals surface area (Å²) in [6, 6.07) is 19.2. The van der Waals surface area contributed by atoms with E-state index in [0.29, 0.717) is 12.2 Å². The Morgan fingerprint density at radius 2 is 1.88 bits per heavy atom. The zero-order valence-corrected chi connectivity index (χ0v) is 15.3. The molecule has 0 aliphatic rings. The molecule has 0 radical (unpaired) electrons. The number of benzene rings is 2. The Morgan fingerprint density at radius 3 is 2.60 bits per heavy atom. The molecule has 1 amide bonds. The number of carbonyl (C=O) groups excluding carboxylic acids is 1. The number of hydrogen-bond donors (Lipinski definition) is 1. The molecule has 1 aromatic heterocycles. The second-order valence-electron chi connectivity index (χ2n) is 5.48. The second-order valence-corrected chi connectivity index (χ2v) is 7.08. The molecule has 0 aliphatic carbocycles. The first-order valence-electron chi connectivity index (χ1n) is 7.92. The van der Waals surface area contributed by atoms with Crippen molar-refractivity contribution in [1.29, 1.82) is 0 Å². The Balaban J connectivity index is 1.54. The van der Waals surface area contributed by atoms with Crippen molar-refractivity contribution in [3.8, 4) is 5.69 Å². The third kappa shape index (κ3) is 4.65. The van der Waals surface area contributed by atoms with Crippen LogP contribution in [-0.2, 0) is 0 Å². The monoisotopic (exact) mass is 371 g/mol. The molecule has 0 unspecified atom stereocenters. The van der Waals surface area contributed by atoms with Crippen LogP contribution in [0.2, 0.25) is 5.02 Å². The lowest BCUT2D eigenvalue weighted by molar-refractivity contribution is 0.0951. The fourth-order valence-corrected chi connectivity index (χ4v) is 3.27. The first-order valence-corrected chi connectivity index (χ1v) is 9.28. The average Bonchev–Trinajstić information content (AvgIpc) is 3.03. The van der Waals surface area contributed by atoms with Gasteiger partial charge in [0, 0.05) is 27.9 Å². The molecule has 0 bridgehead atoms. The third-order valence-electron chi connectivity index (χ3n) is 3.59. The summed E-state index contributed by atoms with van der Waals surface area (Å²) in [5.74, 6) is 0.626. The summed E-state index contributed by atoms with van der Waals surface area (Å²) in [4.78, 5) is 13.4. The summed E-state index contributed by atoms with van der Waals surface area (Å²) in [7, 11) is 0. The highest BCUT2D eigenvalue weighted by atomic mass is 35.5. The Morgan fingerprint density at radius 1 is 1.16 bits per heavy atom. The van der Waals surface area contributed by atoms with Crippen molar-refractivity contribution in [1.82, 2.24) is 15.1 Å². The highest BCUT2D eigenvalue weighted by Crippen LogP contribution is 2.19. The van der Waals surface area contributed by atoms with E-state index in [2.05, 4.69) is 10.4 Å². The first kappa shape index (κ1) is 17.6. The van der Waals surface area contributed by atoms with Crippen LogP contribution in [0.5, 0.6) is 0 Å². The van der Waals surface area contributed by atoms with Gasteiger partial charge in [-0.2, -0.15) is 5.10 Å². The lowest BCUT2D eigenvalue weighted by atomic mass is 10.3. The van der Waals surface area contributed by atoms with Gasteiger partial charge >= 0.3 is 0 Å². The van der Waals surface area contributed by atoms with E-state index in [1.807, 2.05) is 61.5 Å². The number of hydrogen-bond acceptors (Lipinski definition) is 3. The molecule has 0 atom stereocenters. The van der Waals surface area contributed by atoms with Crippen LogP contribution >= 0.6 is 23.4 Å². The van der Waals surface area contributed by atoms with E-state index in [-0.39, 0.29) is 5.91 Å². The van der Waals surface area contributed by atoms with Gasteiger partial charge in [-0.1, -0.05) is 29.8 Å². The maximum Gasteiger partial charge on any atom is 0.271 e. The molecule has 1 heterocycles. The van der Waals surface area contributed by atoms with Crippen molar-refractivity contribution in [2.45, 2.75) is 11.8 Å². The lowest BCUT2D eigenvalue weighted by Crippen LogP contribution is -2.26. The van der Waals surface area contributed by atoms with E-state index < -0.39 is 0 Å². The van der Waals surface area contributed by atoms with Gasteiger partial charge in [-0.15, -0.1) is 11.8 Å². The molecule has 0 spiro atoms. The van der Waals surface area contributed by atoms with Gasteiger partial charge in [-0.3, -0.25) is 4.79 Å². The van der Waals surface area contributed by atoms with Crippen LogP contribution in [0.15, 0.2) is 65.6 Å². The van der Waals surface area contributed by atoms with E-state index in [9.17, 15) is 4.79 Å². The van der Waals surface area contributed by atoms with Gasteiger partial charge in [0.25, 0.3) is 5.91 Å². The molecular formula is C19H18ClN3OS. The lowest BCUT2D eigenvalue weighted by Gasteiger charge is -2.04. The van der Waals surface area contributed by atoms with Crippen LogP contribution < -0.4 is 5.32 Å². The zero-order valence-electron chi connectivity index (χ0n) is 13.8. The number of amides is 1. The van der Waals surface area contributed by atoms with Crippen molar-refractivity contribution in [2.75, 3.05) is 12.3 Å². The summed E-state index contributed by atoms with van der Waals surface area (Å²) in [6.45, 7) is 2.51. The third-order valence-corrected chi connectivity index (χ3v) is 4.86. The highest BCUT2D eigenvalue weighted by Gasteiger charge is 2.12. The van der Waals surface area contributed by atoms with Crippen LogP contribution in [0, 0.1) is 6.92 Å². The minimum atomic E-state index is -0.158. The molecule has 3 rings (SSSR count). The minimum Gasteiger partial charge on any atom is -0.350 e. The summed E-state index contributed by atoms with van der Waals surface area (Å²) < 4.78 is 1.78. The number of aryl methyl sites for hydroxylation is 1. The number of halogens is 1. The van der Waals surface area contributed by atoms with Gasteiger partial charge in [0.15, 0.2) is 5.69 Å². The molecule has 1 N–H and O–H groups in total. The van der Waals surface area contributed by atoms with E-state index >= 15 is 0 Å². The standard InChI is InChI=1S/C19H18ClN3OS/c1-14-13-18(22-23(14)16-5-3-2-4-6-16)19(24)21-11-12-25-17-9-7-15(20)8-10-17/h2-10,13H,11-12H2,1H3,(H,21,24). The fourth-order valence-electron chi connectivity index (χ4n) is 2.37. The van der Waals surface area contributed by atoms with Crippen molar-refractivity contribution in [3.63, 3.8) is 0 Å². The smallest absolute Gasteiger partial charge is 0.271 e. The Kier molecular flexibility index (Phi) is 5.79. The molecular weight excluding hydrogens is 354 g/mol. The van der Waals surface area contributed by atoms with Gasteiger partial charge < -0.3 is 5.32 Å². The average molecular weight is 372 g/mol. The van der Waals surface area contributed by atoms with Gasteiger partial charge in [-0.25, -0.2) is 4.68 Å². The molecule has 0 aliphatic heterocycles. The van der Waals surface area contributed by atoms with Crippen LogP contribution in [0.4, 0.5) is 0 Å². The van der Waals surface area contributed by atoms with Crippen molar-refractivity contribution in [3.05, 3.63) is 77.1 Å². The number of aromatic nitrogens is 2. The van der Waals surface area contributed by atoms with Crippen molar-refractivity contribution in [2.24, 2.45) is 0 Å². The molecule has 2 aromatic carbocycles. The summed E-state index contributed by atoms with van der Waals surface area (Å²) >= 11 is 7.54. The normalized spacial score (nSPS) is 10.6. The molecule has 25 heavy (non-hydrogen) atoms. The number of thioether (sulfide) groups is 1. The quantitative estimate of drug-likeness (QED) is 0.517. The molecule has 128 valence electrons. The number of carbonyl (C=O) groups is 1. The Hall–Kier alpha value is -2.24. The van der Waals surface area contributed by atoms with Gasteiger partial charge in [0.05, 0.1) is 5.69 Å². The Bertz CT molecular complexity index is 847. The number of nitrogens with zero attached hydrogens (tertiary/aromatic N) is 2. The SMILES string of the molecule is Cc1cc(C(=O)NCCSc2ccc(Cl)cc2)nn1-c1ccccc1. The largest absolute Gasteiger partial charge is 0.350 e. The van der Waals surface area contributed by atoms with E-state index in [0.717, 1.165) is 27.1 Å². The molecule has 0 saturated heterocycles. The summed E-state index contributed by atoms with van der Waals surface area (Å²) in [5.41, 5.74) is 2.29. The maximum absolute atomic E-state index is 12.3. The van der Waals surface area contributed by atoms with Crippen molar-refractivity contribution < 1.29 is 4.79 Å². The topological polar surface area (TPSA) is 46.9 Å². The minimum absolute atomic E-state index is 0.158. The van der Waals surface area contributed by atoms with Gasteiger partial charge in [0.2, 0.25) is 0 Å². The van der Waals surface area contributed by atoms with Crippen molar-refractivity contribution >= 4 is 29.3 Å². The predicted molar refractivity (Wildman–Crippen MR) is 103 cm³/mol. The Labute approximate surface area is 156 Å². The van der Waals surface area contributed by atoms with Crippen LogP contribution in [0.25, 0.3) is 5.69 Å². The molecule has 0 fully saturated rings. The fraction of sp³-hybridized carbons (Fsp3) is 0.158. The van der Waals surface area contributed by atoms with E-state index in [4.69, 9.17) is 11.6 Å². The van der Waals surface area contributed by atoms with Crippen LogP contribution in [-0.4, -0.2) is 28.0 Å². The van der Waals surface area contributed by atoms with E-state index in [1.54, 1.807) is 22.5 Å². The number of rotatable bonds is 6. The van der Waals surface area contributed by atoms with E-state index in [1.165, 1.54) is 0 Å². The predicted octanol–water partition coefficient (Wildman–Crippen LogP) is 4.36. The maximum atomic E-state index is 12.3. The number of nitrogens with one attached hydrogen (secondary N) is 1. The van der Waals surface area contributed by atoms with Crippen LogP contribution in [0.1, 0.15) is 16.2 Å². The molecule has 3 aromatic rings.